The fourth-order valence-corrected chi connectivity index (χ4v) is 3.11. The van der Waals surface area contributed by atoms with Gasteiger partial charge >= 0.3 is 0 Å². The van der Waals surface area contributed by atoms with E-state index in [0.29, 0.717) is 24.7 Å². The number of rotatable bonds is 2. The molecule has 2 unspecified atom stereocenters. The van der Waals surface area contributed by atoms with E-state index >= 15 is 0 Å². The van der Waals surface area contributed by atoms with Crippen LogP contribution in [0.4, 0.5) is 17.3 Å². The van der Waals surface area contributed by atoms with Gasteiger partial charge in [-0.3, -0.25) is 14.9 Å². The SMILES string of the molecule is Nc1cc([N+](=O)[O-])cc(N2CCC3NC(=O)CCC3C2)n1. The molecular weight excluding hydrogens is 274 g/mol. The van der Waals surface area contributed by atoms with Crippen LogP contribution in [-0.4, -0.2) is 34.9 Å². The summed E-state index contributed by atoms with van der Waals surface area (Å²) < 4.78 is 0. The molecule has 2 aliphatic rings. The van der Waals surface area contributed by atoms with Crippen LogP contribution >= 0.6 is 0 Å². The molecule has 0 radical (unpaired) electrons. The molecule has 2 fully saturated rings. The van der Waals surface area contributed by atoms with Crippen molar-refractivity contribution >= 4 is 23.2 Å². The molecule has 0 aliphatic carbocycles. The van der Waals surface area contributed by atoms with Gasteiger partial charge in [0.2, 0.25) is 5.91 Å². The summed E-state index contributed by atoms with van der Waals surface area (Å²) in [4.78, 5) is 28.1. The number of anilines is 2. The van der Waals surface area contributed by atoms with E-state index in [4.69, 9.17) is 5.73 Å². The molecule has 0 saturated carbocycles. The second-order valence-electron chi connectivity index (χ2n) is 5.57. The largest absolute Gasteiger partial charge is 0.383 e. The maximum absolute atomic E-state index is 11.4. The van der Waals surface area contributed by atoms with Crippen molar-refractivity contribution in [3.8, 4) is 0 Å². The van der Waals surface area contributed by atoms with Crippen LogP contribution in [0.5, 0.6) is 0 Å². The third kappa shape index (κ3) is 2.74. The Hall–Kier alpha value is -2.38. The van der Waals surface area contributed by atoms with E-state index in [2.05, 4.69) is 10.3 Å². The lowest BCUT2D eigenvalue weighted by Crippen LogP contribution is -2.54. The third-order valence-electron chi connectivity index (χ3n) is 4.17. The van der Waals surface area contributed by atoms with E-state index in [1.807, 2.05) is 4.90 Å². The summed E-state index contributed by atoms with van der Waals surface area (Å²) in [6.45, 7) is 1.44. The summed E-state index contributed by atoms with van der Waals surface area (Å²) in [5, 5.41) is 13.9. The quantitative estimate of drug-likeness (QED) is 0.611. The number of amides is 1. The molecule has 112 valence electrons. The van der Waals surface area contributed by atoms with E-state index in [1.54, 1.807) is 0 Å². The van der Waals surface area contributed by atoms with E-state index in [1.165, 1.54) is 12.1 Å². The number of hydrogen-bond donors (Lipinski definition) is 2. The van der Waals surface area contributed by atoms with Crippen molar-refractivity contribution in [1.82, 2.24) is 10.3 Å². The first kappa shape index (κ1) is 13.6. The Kier molecular flexibility index (Phi) is 3.36. The van der Waals surface area contributed by atoms with Gasteiger partial charge in [-0.05, 0) is 18.8 Å². The van der Waals surface area contributed by atoms with Crippen molar-refractivity contribution < 1.29 is 9.72 Å². The van der Waals surface area contributed by atoms with Gasteiger partial charge in [-0.2, -0.15) is 0 Å². The normalized spacial score (nSPS) is 25.1. The maximum atomic E-state index is 11.4. The summed E-state index contributed by atoms with van der Waals surface area (Å²) >= 11 is 0. The number of carbonyl (C=O) groups is 1. The number of nitrogen functional groups attached to an aromatic ring is 1. The molecule has 2 atom stereocenters. The highest BCUT2D eigenvalue weighted by Gasteiger charge is 2.34. The van der Waals surface area contributed by atoms with Gasteiger partial charge in [0.15, 0.2) is 0 Å². The van der Waals surface area contributed by atoms with Gasteiger partial charge in [-0.1, -0.05) is 0 Å². The van der Waals surface area contributed by atoms with Crippen molar-refractivity contribution in [2.75, 3.05) is 23.7 Å². The summed E-state index contributed by atoms with van der Waals surface area (Å²) in [5.41, 5.74) is 5.61. The van der Waals surface area contributed by atoms with E-state index in [0.717, 1.165) is 19.4 Å². The molecule has 0 aromatic carbocycles. The Morgan fingerprint density at radius 1 is 1.43 bits per heavy atom. The molecule has 2 saturated heterocycles. The Balaban J connectivity index is 1.79. The van der Waals surface area contributed by atoms with Crippen molar-refractivity contribution in [2.45, 2.75) is 25.3 Å². The Morgan fingerprint density at radius 3 is 3.00 bits per heavy atom. The molecule has 8 heteroatoms. The van der Waals surface area contributed by atoms with Crippen molar-refractivity contribution in [1.29, 1.82) is 0 Å². The molecule has 1 amide bonds. The monoisotopic (exact) mass is 291 g/mol. The lowest BCUT2D eigenvalue weighted by atomic mass is 9.85. The van der Waals surface area contributed by atoms with Gasteiger partial charge in [-0.15, -0.1) is 0 Å². The minimum Gasteiger partial charge on any atom is -0.383 e. The fraction of sp³-hybridized carbons (Fsp3) is 0.538. The van der Waals surface area contributed by atoms with Gasteiger partial charge in [0, 0.05) is 25.6 Å². The lowest BCUT2D eigenvalue weighted by molar-refractivity contribution is -0.384. The first-order valence-corrected chi connectivity index (χ1v) is 6.99. The molecule has 3 rings (SSSR count). The number of nitrogens with zero attached hydrogens (tertiary/aromatic N) is 3. The van der Waals surface area contributed by atoms with Gasteiger partial charge in [0.25, 0.3) is 5.69 Å². The number of nitro groups is 1. The summed E-state index contributed by atoms with van der Waals surface area (Å²) in [5.74, 6) is 1.16. The lowest BCUT2D eigenvalue weighted by Gasteiger charge is -2.41. The number of carbonyl (C=O) groups excluding carboxylic acids is 1. The molecule has 1 aromatic heterocycles. The summed E-state index contributed by atoms with van der Waals surface area (Å²) in [6, 6.07) is 2.92. The topological polar surface area (TPSA) is 114 Å². The van der Waals surface area contributed by atoms with Crippen LogP contribution in [0.2, 0.25) is 0 Å². The van der Waals surface area contributed by atoms with Crippen LogP contribution in [-0.2, 0) is 4.79 Å². The predicted molar refractivity (Wildman–Crippen MR) is 76.8 cm³/mol. The molecule has 3 N–H and O–H groups in total. The maximum Gasteiger partial charge on any atom is 0.276 e. The average molecular weight is 291 g/mol. The highest BCUT2D eigenvalue weighted by Crippen LogP contribution is 2.30. The molecule has 0 spiro atoms. The van der Waals surface area contributed by atoms with E-state index in [9.17, 15) is 14.9 Å². The standard InChI is InChI=1S/C13H17N5O3/c14-11-5-9(18(20)21)6-12(16-11)17-4-3-10-8(7-17)1-2-13(19)15-10/h5-6,8,10H,1-4,7H2,(H2,14,16)(H,15,19). The highest BCUT2D eigenvalue weighted by atomic mass is 16.6. The van der Waals surface area contributed by atoms with Gasteiger partial charge in [0.05, 0.1) is 17.1 Å². The van der Waals surface area contributed by atoms with Gasteiger partial charge < -0.3 is 16.0 Å². The zero-order valence-corrected chi connectivity index (χ0v) is 11.5. The first-order chi connectivity index (χ1) is 10.0. The number of hydrogen-bond acceptors (Lipinski definition) is 6. The minimum absolute atomic E-state index is 0.0448. The van der Waals surface area contributed by atoms with Gasteiger partial charge in [0.1, 0.15) is 11.6 Å². The van der Waals surface area contributed by atoms with Crippen LogP contribution in [0.1, 0.15) is 19.3 Å². The van der Waals surface area contributed by atoms with Crippen molar-refractivity contribution in [3.63, 3.8) is 0 Å². The van der Waals surface area contributed by atoms with E-state index in [-0.39, 0.29) is 23.5 Å². The van der Waals surface area contributed by atoms with Crippen LogP contribution in [0, 0.1) is 16.0 Å². The van der Waals surface area contributed by atoms with Crippen LogP contribution in [0.25, 0.3) is 0 Å². The molecular formula is C13H17N5O3. The second kappa shape index (κ2) is 5.19. The number of nitrogens with one attached hydrogen (secondary N) is 1. The van der Waals surface area contributed by atoms with Gasteiger partial charge in [-0.25, -0.2) is 4.98 Å². The molecule has 3 heterocycles. The number of pyridine rings is 1. The summed E-state index contributed by atoms with van der Waals surface area (Å²) in [7, 11) is 0. The summed E-state index contributed by atoms with van der Waals surface area (Å²) in [6.07, 6.45) is 2.21. The number of nitrogens with two attached hydrogens (primary N) is 1. The zero-order valence-electron chi connectivity index (χ0n) is 11.5. The van der Waals surface area contributed by atoms with Crippen LogP contribution in [0.15, 0.2) is 12.1 Å². The van der Waals surface area contributed by atoms with Crippen molar-refractivity contribution in [2.24, 2.45) is 5.92 Å². The molecule has 0 bridgehead atoms. The minimum atomic E-state index is -0.463. The number of aromatic nitrogens is 1. The molecule has 21 heavy (non-hydrogen) atoms. The predicted octanol–water partition coefficient (Wildman–Crippen LogP) is 0.677. The second-order valence-corrected chi connectivity index (χ2v) is 5.57. The first-order valence-electron chi connectivity index (χ1n) is 6.99. The zero-order chi connectivity index (χ0) is 15.0. The smallest absolute Gasteiger partial charge is 0.276 e. The van der Waals surface area contributed by atoms with Crippen LogP contribution in [0.3, 0.4) is 0 Å². The molecule has 2 aliphatic heterocycles. The third-order valence-corrected chi connectivity index (χ3v) is 4.17. The Labute approximate surface area is 121 Å². The fourth-order valence-electron chi connectivity index (χ4n) is 3.11. The Bertz CT molecular complexity index is 591. The molecule has 8 nitrogen and oxygen atoms in total. The number of fused-ring (bicyclic) bond motifs is 1. The average Bonchev–Trinajstić information content (AvgIpc) is 2.46. The number of piperidine rings is 2. The van der Waals surface area contributed by atoms with Crippen molar-refractivity contribution in [3.05, 3.63) is 22.2 Å². The Morgan fingerprint density at radius 2 is 2.24 bits per heavy atom. The van der Waals surface area contributed by atoms with Crippen LogP contribution < -0.4 is 16.0 Å². The van der Waals surface area contributed by atoms with E-state index < -0.39 is 4.92 Å². The molecule has 1 aromatic rings. The highest BCUT2D eigenvalue weighted by molar-refractivity contribution is 5.77.